The van der Waals surface area contributed by atoms with Crippen LogP contribution >= 0.6 is 0 Å². The Morgan fingerprint density at radius 1 is 0.741 bits per heavy atom. The maximum absolute atomic E-state index is 2.75. The zero-order valence-corrected chi connectivity index (χ0v) is 19.2. The molecule has 2 unspecified atom stereocenters. The molecule has 27 heavy (non-hydrogen) atoms. The second kappa shape index (κ2) is 7.68. The third-order valence-corrected chi connectivity index (χ3v) is 10.8. The van der Waals surface area contributed by atoms with Gasteiger partial charge in [0.2, 0.25) is 0 Å². The topological polar surface area (TPSA) is 0 Å². The molecule has 0 aromatic carbocycles. The van der Waals surface area contributed by atoms with Crippen molar-refractivity contribution < 1.29 is 0 Å². The van der Waals surface area contributed by atoms with Crippen molar-refractivity contribution >= 4 is 0 Å². The van der Waals surface area contributed by atoms with E-state index in [1.165, 1.54) is 32.1 Å². The average molecular weight is 373 g/mol. The molecular weight excluding hydrogens is 324 g/mol. The molecule has 4 aliphatic carbocycles. The van der Waals surface area contributed by atoms with Crippen LogP contribution in [0.3, 0.4) is 0 Å². The van der Waals surface area contributed by atoms with E-state index in [0.29, 0.717) is 10.8 Å². The maximum atomic E-state index is 2.75. The first-order chi connectivity index (χ1) is 12.9. The van der Waals surface area contributed by atoms with Crippen molar-refractivity contribution in [1.29, 1.82) is 0 Å². The number of fused-ring (bicyclic) bond motifs is 5. The lowest BCUT2D eigenvalue weighted by Crippen LogP contribution is -2.53. The zero-order valence-electron chi connectivity index (χ0n) is 19.2. The number of hydrogen-bond donors (Lipinski definition) is 0. The van der Waals surface area contributed by atoms with Crippen LogP contribution in [-0.4, -0.2) is 0 Å². The second-order valence-corrected chi connectivity index (χ2v) is 12.4. The molecule has 0 aliphatic heterocycles. The van der Waals surface area contributed by atoms with Crippen molar-refractivity contribution in [2.45, 2.75) is 118 Å². The molecule has 4 rings (SSSR count). The molecule has 4 saturated carbocycles. The minimum Gasteiger partial charge on any atom is -0.0628 e. The molecule has 0 N–H and O–H groups in total. The molecule has 0 heteroatoms. The molecule has 4 aliphatic rings. The lowest BCUT2D eigenvalue weighted by Gasteiger charge is -2.61. The van der Waals surface area contributed by atoms with Gasteiger partial charge in [-0.2, -0.15) is 0 Å². The van der Waals surface area contributed by atoms with E-state index in [9.17, 15) is 0 Å². The Kier molecular flexibility index (Phi) is 5.77. The lowest BCUT2D eigenvalue weighted by atomic mass is 9.44. The summed E-state index contributed by atoms with van der Waals surface area (Å²) in [4.78, 5) is 0. The highest BCUT2D eigenvalue weighted by molar-refractivity contribution is 5.09. The minimum atomic E-state index is 0.677. The van der Waals surface area contributed by atoms with Gasteiger partial charge in [0.25, 0.3) is 0 Å². The highest BCUT2D eigenvalue weighted by Crippen LogP contribution is 2.68. The normalized spacial score (nSPS) is 48.0. The predicted octanol–water partition coefficient (Wildman–Crippen LogP) is 8.50. The van der Waals surface area contributed by atoms with E-state index in [0.717, 1.165) is 41.4 Å². The van der Waals surface area contributed by atoms with Gasteiger partial charge in [0.05, 0.1) is 0 Å². The van der Waals surface area contributed by atoms with Crippen LogP contribution in [0.15, 0.2) is 0 Å². The van der Waals surface area contributed by atoms with Gasteiger partial charge < -0.3 is 0 Å². The van der Waals surface area contributed by atoms with Crippen LogP contribution in [0.4, 0.5) is 0 Å². The van der Waals surface area contributed by atoms with E-state index in [1.807, 2.05) is 0 Å². The molecule has 0 aromatic heterocycles. The summed E-state index contributed by atoms with van der Waals surface area (Å²) in [5.41, 5.74) is 1.39. The van der Waals surface area contributed by atoms with Gasteiger partial charge in [0, 0.05) is 0 Å². The Balaban J connectivity index is 1.46. The second-order valence-electron chi connectivity index (χ2n) is 12.4. The first-order valence-corrected chi connectivity index (χ1v) is 12.9. The first kappa shape index (κ1) is 20.3. The Bertz CT molecular complexity index is 506. The first-order valence-electron chi connectivity index (χ1n) is 12.9. The molecule has 4 fully saturated rings. The van der Waals surface area contributed by atoms with Gasteiger partial charge in [-0.25, -0.2) is 0 Å². The fraction of sp³-hybridized carbons (Fsp3) is 1.00. The number of rotatable bonds is 5. The summed E-state index contributed by atoms with van der Waals surface area (Å²) in [5, 5.41) is 0. The summed E-state index contributed by atoms with van der Waals surface area (Å²) in [6, 6.07) is 0. The third-order valence-electron chi connectivity index (χ3n) is 10.8. The molecule has 8 atom stereocenters. The van der Waals surface area contributed by atoms with Gasteiger partial charge in [-0.1, -0.05) is 66.7 Å². The van der Waals surface area contributed by atoms with Crippen molar-refractivity contribution in [3.63, 3.8) is 0 Å². The minimum absolute atomic E-state index is 0.677. The molecule has 0 bridgehead atoms. The summed E-state index contributed by atoms with van der Waals surface area (Å²) in [6.45, 7) is 12.9. The standard InChI is InChI=1S/C27H48/c1-19(2)9-8-10-20(3)23-14-15-24-22-13-12-21-11-6-7-17-26(21,4)25(22)16-18-27(23,24)5/h19-25H,6-18H2,1-5H3/t20-,21?,22+,23-,24+,25+,26?,27-/m1/s1. The largest absolute Gasteiger partial charge is 0.0628 e. The average Bonchev–Trinajstić information content (AvgIpc) is 2.98. The summed E-state index contributed by atoms with van der Waals surface area (Å²) in [7, 11) is 0. The van der Waals surface area contributed by atoms with Gasteiger partial charge in [0.15, 0.2) is 0 Å². The van der Waals surface area contributed by atoms with Crippen LogP contribution in [0, 0.1) is 52.3 Å². The summed E-state index contributed by atoms with van der Waals surface area (Å²) < 4.78 is 0. The highest BCUT2D eigenvalue weighted by atomic mass is 14.6. The van der Waals surface area contributed by atoms with Crippen LogP contribution in [0.1, 0.15) is 118 Å². The molecule has 0 saturated heterocycles. The Morgan fingerprint density at radius 3 is 2.30 bits per heavy atom. The van der Waals surface area contributed by atoms with Gasteiger partial charge in [-0.15, -0.1) is 0 Å². The van der Waals surface area contributed by atoms with Crippen LogP contribution < -0.4 is 0 Å². The Morgan fingerprint density at radius 2 is 1.52 bits per heavy atom. The van der Waals surface area contributed by atoms with E-state index < -0.39 is 0 Å². The van der Waals surface area contributed by atoms with Crippen molar-refractivity contribution in [3.8, 4) is 0 Å². The highest BCUT2D eigenvalue weighted by Gasteiger charge is 2.59. The third kappa shape index (κ3) is 3.44. The summed E-state index contributed by atoms with van der Waals surface area (Å²) in [5.74, 6) is 7.15. The van der Waals surface area contributed by atoms with E-state index in [2.05, 4.69) is 34.6 Å². The quantitative estimate of drug-likeness (QED) is 0.453. The Labute approximate surface area is 170 Å². The fourth-order valence-corrected chi connectivity index (χ4v) is 9.32. The molecule has 156 valence electrons. The Hall–Kier alpha value is 0. The van der Waals surface area contributed by atoms with E-state index in [-0.39, 0.29) is 0 Å². The molecule has 0 radical (unpaired) electrons. The van der Waals surface area contributed by atoms with Crippen molar-refractivity contribution in [2.75, 3.05) is 0 Å². The van der Waals surface area contributed by atoms with Gasteiger partial charge >= 0.3 is 0 Å². The molecule has 0 aromatic rings. The van der Waals surface area contributed by atoms with Crippen LogP contribution in [0.5, 0.6) is 0 Å². The van der Waals surface area contributed by atoms with Gasteiger partial charge in [-0.3, -0.25) is 0 Å². The van der Waals surface area contributed by atoms with Crippen molar-refractivity contribution in [1.82, 2.24) is 0 Å². The monoisotopic (exact) mass is 372 g/mol. The molecule has 0 heterocycles. The van der Waals surface area contributed by atoms with Crippen molar-refractivity contribution in [2.24, 2.45) is 52.3 Å². The maximum Gasteiger partial charge on any atom is -0.0264 e. The lowest BCUT2D eigenvalue weighted by molar-refractivity contribution is -0.114. The molecule has 0 spiro atoms. The summed E-state index contributed by atoms with van der Waals surface area (Å²) in [6.07, 6.45) is 19.9. The predicted molar refractivity (Wildman–Crippen MR) is 118 cm³/mol. The molecular formula is C27H48. The SMILES string of the molecule is CC(C)CCC[C@@H](C)[C@H]1CC[C@H]2[C@@H]3CCC4CCCCC4(C)[C@H]3CC[C@]12C. The van der Waals surface area contributed by atoms with Gasteiger partial charge in [-0.05, 0) is 104 Å². The van der Waals surface area contributed by atoms with Crippen LogP contribution in [-0.2, 0) is 0 Å². The van der Waals surface area contributed by atoms with Gasteiger partial charge in [0.1, 0.15) is 0 Å². The fourth-order valence-electron chi connectivity index (χ4n) is 9.32. The molecule has 0 amide bonds. The van der Waals surface area contributed by atoms with Crippen molar-refractivity contribution in [3.05, 3.63) is 0 Å². The molecule has 0 nitrogen and oxygen atoms in total. The zero-order chi connectivity index (χ0) is 19.2. The number of hydrogen-bond acceptors (Lipinski definition) is 0. The van der Waals surface area contributed by atoms with Crippen LogP contribution in [0.25, 0.3) is 0 Å². The van der Waals surface area contributed by atoms with E-state index in [4.69, 9.17) is 0 Å². The van der Waals surface area contributed by atoms with E-state index >= 15 is 0 Å². The van der Waals surface area contributed by atoms with Crippen LogP contribution in [0.2, 0.25) is 0 Å². The van der Waals surface area contributed by atoms with E-state index in [1.54, 1.807) is 51.4 Å². The summed E-state index contributed by atoms with van der Waals surface area (Å²) >= 11 is 0. The smallest absolute Gasteiger partial charge is 0.0264 e.